The molecule has 6 aromatic carbocycles. The summed E-state index contributed by atoms with van der Waals surface area (Å²) in [5, 5.41) is 25.1. The van der Waals surface area contributed by atoms with Gasteiger partial charge in [-0.25, -0.2) is 0 Å². The Hall–Kier alpha value is -6.31. The summed E-state index contributed by atoms with van der Waals surface area (Å²) in [6.45, 7) is 26.4. The molecule has 62 heavy (non-hydrogen) atoms. The monoisotopic (exact) mass is 826 g/mol. The summed E-state index contributed by atoms with van der Waals surface area (Å²) in [6, 6.07) is 37.6. The van der Waals surface area contributed by atoms with E-state index >= 15 is 0 Å². The van der Waals surface area contributed by atoms with Crippen molar-refractivity contribution in [2.24, 2.45) is 0 Å². The fourth-order valence-electron chi connectivity index (χ4n) is 8.71. The van der Waals surface area contributed by atoms with Crippen LogP contribution in [0, 0.1) is 22.7 Å². The predicted octanol–water partition coefficient (Wildman–Crippen LogP) is 15.5. The largest absolute Gasteiger partial charge is 0.416 e. The van der Waals surface area contributed by atoms with Crippen LogP contribution < -0.4 is 0 Å². The van der Waals surface area contributed by atoms with E-state index in [4.69, 9.17) is 0 Å². The van der Waals surface area contributed by atoms with E-state index in [2.05, 4.69) is 171 Å². The highest BCUT2D eigenvalue weighted by molar-refractivity contribution is 6.12. The van der Waals surface area contributed by atoms with Gasteiger partial charge >= 0.3 is 6.18 Å². The summed E-state index contributed by atoms with van der Waals surface area (Å²) in [6.07, 6.45) is -4.71. The lowest BCUT2D eigenvalue weighted by molar-refractivity contribution is -0.137. The molecule has 7 heteroatoms. The van der Waals surface area contributed by atoms with Crippen LogP contribution in [0.3, 0.4) is 0 Å². The van der Waals surface area contributed by atoms with Gasteiger partial charge in [0.1, 0.15) is 0 Å². The van der Waals surface area contributed by atoms with E-state index in [0.29, 0.717) is 16.9 Å². The van der Waals surface area contributed by atoms with Crippen molar-refractivity contribution in [3.63, 3.8) is 0 Å². The second-order valence-electron chi connectivity index (χ2n) is 21.0. The molecule has 0 aliphatic carbocycles. The first-order chi connectivity index (χ1) is 28.8. The lowest BCUT2D eigenvalue weighted by Gasteiger charge is -2.22. The minimum Gasteiger partial charge on any atom is -0.307 e. The van der Waals surface area contributed by atoms with Crippen molar-refractivity contribution in [3.05, 3.63) is 142 Å². The average molecular weight is 827 g/mol. The van der Waals surface area contributed by atoms with Gasteiger partial charge in [0.25, 0.3) is 0 Å². The topological polar surface area (TPSA) is 57.4 Å². The Morgan fingerprint density at radius 1 is 0.403 bits per heavy atom. The summed E-state index contributed by atoms with van der Waals surface area (Å²) < 4.78 is 47.7. The average Bonchev–Trinajstić information content (AvgIpc) is 3.69. The van der Waals surface area contributed by atoms with E-state index in [-0.39, 0.29) is 38.4 Å². The molecule has 0 aliphatic heterocycles. The van der Waals surface area contributed by atoms with E-state index < -0.39 is 11.7 Å². The number of nitrogens with zero attached hydrogens (tertiary/aromatic N) is 4. The first-order valence-corrected chi connectivity index (χ1v) is 21.2. The molecule has 0 bridgehead atoms. The molecular formula is C55H53F3N4. The lowest BCUT2D eigenvalue weighted by atomic mass is 9.85. The second-order valence-corrected chi connectivity index (χ2v) is 21.0. The molecule has 2 aromatic heterocycles. The minimum absolute atomic E-state index is 0.126. The number of alkyl halides is 3. The van der Waals surface area contributed by atoms with Crippen LogP contribution in [0.5, 0.6) is 0 Å². The molecule has 314 valence electrons. The van der Waals surface area contributed by atoms with Gasteiger partial charge in [0, 0.05) is 27.1 Å². The fourth-order valence-corrected chi connectivity index (χ4v) is 8.71. The number of hydrogen-bond acceptors (Lipinski definition) is 2. The molecule has 0 saturated carbocycles. The van der Waals surface area contributed by atoms with Gasteiger partial charge in [-0.05, 0) is 128 Å². The number of rotatable bonds is 3. The predicted molar refractivity (Wildman–Crippen MR) is 250 cm³/mol. The summed E-state index contributed by atoms with van der Waals surface area (Å²) in [5.74, 6) is 0. The molecule has 0 fully saturated rings. The first kappa shape index (κ1) is 42.4. The highest BCUT2D eigenvalue weighted by Crippen LogP contribution is 2.45. The van der Waals surface area contributed by atoms with Crippen molar-refractivity contribution in [2.75, 3.05) is 0 Å². The molecule has 4 nitrogen and oxygen atoms in total. The standard InChI is InChI=1S/C55H53F3N4/c1-51(2,3)35-13-17-45-41(25-35)42-26-36(52(4,5)6)14-18-46(42)61(45)49-24-34(31-60)40(33-21-32(30-59)22-39(23-33)55(56,57)58)29-50(49)62-47-19-15-37(53(7,8)9)27-43(47)44-28-38(54(10,11)12)16-20-48(44)62/h13-29H,1-12H3. The molecule has 0 radical (unpaired) electrons. The zero-order valence-corrected chi connectivity index (χ0v) is 37.7. The van der Waals surface area contributed by atoms with Crippen LogP contribution in [0.4, 0.5) is 13.2 Å². The van der Waals surface area contributed by atoms with E-state index in [1.807, 2.05) is 18.2 Å². The van der Waals surface area contributed by atoms with Gasteiger partial charge < -0.3 is 9.13 Å². The molecule has 2 heterocycles. The number of aromatic nitrogens is 2. The third kappa shape index (κ3) is 7.22. The van der Waals surface area contributed by atoms with E-state index in [9.17, 15) is 23.7 Å². The van der Waals surface area contributed by atoms with Crippen LogP contribution in [-0.2, 0) is 27.8 Å². The van der Waals surface area contributed by atoms with Crippen LogP contribution in [0.2, 0.25) is 0 Å². The van der Waals surface area contributed by atoms with Crippen molar-refractivity contribution in [3.8, 4) is 34.6 Å². The van der Waals surface area contributed by atoms with Crippen LogP contribution in [0.15, 0.2) is 103 Å². The summed E-state index contributed by atoms with van der Waals surface area (Å²) in [4.78, 5) is 0. The van der Waals surface area contributed by atoms with Gasteiger partial charge in [0.2, 0.25) is 0 Å². The maximum Gasteiger partial charge on any atom is 0.416 e. The molecule has 8 rings (SSSR count). The van der Waals surface area contributed by atoms with Gasteiger partial charge in [0.05, 0.1) is 62.3 Å². The molecule has 0 N–H and O–H groups in total. The normalized spacial score (nSPS) is 13.0. The molecule has 0 saturated heterocycles. The number of fused-ring (bicyclic) bond motifs is 6. The Balaban J connectivity index is 1.59. The molecular weight excluding hydrogens is 774 g/mol. The third-order valence-electron chi connectivity index (χ3n) is 12.4. The van der Waals surface area contributed by atoms with E-state index in [1.54, 1.807) is 0 Å². The van der Waals surface area contributed by atoms with Crippen molar-refractivity contribution in [1.29, 1.82) is 10.5 Å². The van der Waals surface area contributed by atoms with Crippen LogP contribution in [-0.4, -0.2) is 9.13 Å². The molecule has 8 aromatic rings. The Morgan fingerprint density at radius 2 is 0.758 bits per heavy atom. The minimum atomic E-state index is -4.71. The van der Waals surface area contributed by atoms with Crippen molar-refractivity contribution in [1.82, 2.24) is 9.13 Å². The first-order valence-electron chi connectivity index (χ1n) is 21.2. The van der Waals surface area contributed by atoms with Gasteiger partial charge in [-0.1, -0.05) is 107 Å². The van der Waals surface area contributed by atoms with Crippen molar-refractivity contribution < 1.29 is 13.2 Å². The zero-order valence-electron chi connectivity index (χ0n) is 37.7. The fraction of sp³-hybridized carbons (Fsp3) is 0.309. The molecule has 0 spiro atoms. The van der Waals surface area contributed by atoms with E-state index in [1.165, 1.54) is 28.3 Å². The Bertz CT molecular complexity index is 3080. The number of benzene rings is 6. The summed E-state index contributed by atoms with van der Waals surface area (Å²) in [7, 11) is 0. The van der Waals surface area contributed by atoms with Gasteiger partial charge in [-0.2, -0.15) is 23.7 Å². The highest BCUT2D eigenvalue weighted by Gasteiger charge is 2.32. The van der Waals surface area contributed by atoms with Gasteiger partial charge in [0.15, 0.2) is 0 Å². The Labute approximate surface area is 362 Å². The molecule has 0 aliphatic rings. The molecule has 0 atom stereocenters. The SMILES string of the molecule is CC(C)(C)c1ccc2c(c1)c1cc(C(C)(C)C)ccc1n2-c1cc(C#N)c(-c2cc(C#N)cc(C(F)(F)F)c2)cc1-n1c2ccc(C(C)(C)C)cc2c2cc(C(C)(C)C)ccc21. The Kier molecular flexibility index (Phi) is 9.65. The number of halogens is 3. The highest BCUT2D eigenvalue weighted by atomic mass is 19.4. The van der Waals surface area contributed by atoms with Gasteiger partial charge in [-0.15, -0.1) is 0 Å². The number of nitriles is 2. The summed E-state index contributed by atoms with van der Waals surface area (Å²) in [5.41, 5.74) is 8.81. The van der Waals surface area contributed by atoms with Crippen molar-refractivity contribution in [2.45, 2.75) is 111 Å². The second kappa shape index (κ2) is 14.1. The smallest absolute Gasteiger partial charge is 0.307 e. The zero-order chi connectivity index (χ0) is 45.1. The van der Waals surface area contributed by atoms with Crippen LogP contribution in [0.1, 0.15) is 122 Å². The van der Waals surface area contributed by atoms with Crippen molar-refractivity contribution >= 4 is 43.6 Å². The molecule has 0 unspecified atom stereocenters. The molecule has 0 amide bonds. The number of hydrogen-bond donors (Lipinski definition) is 0. The summed E-state index contributed by atoms with van der Waals surface area (Å²) >= 11 is 0. The lowest BCUT2D eigenvalue weighted by Crippen LogP contribution is -2.11. The third-order valence-corrected chi connectivity index (χ3v) is 12.4. The van der Waals surface area contributed by atoms with Crippen LogP contribution >= 0.6 is 0 Å². The van der Waals surface area contributed by atoms with Crippen LogP contribution in [0.25, 0.3) is 66.1 Å². The maximum atomic E-state index is 14.4. The maximum absolute atomic E-state index is 14.4. The quantitative estimate of drug-likeness (QED) is 0.178. The Morgan fingerprint density at radius 3 is 1.06 bits per heavy atom. The van der Waals surface area contributed by atoms with E-state index in [0.717, 1.165) is 55.7 Å². The van der Waals surface area contributed by atoms with Gasteiger partial charge in [-0.3, -0.25) is 0 Å².